The number of benzene rings is 2. The second-order valence-electron chi connectivity index (χ2n) is 7.93. The summed E-state index contributed by atoms with van der Waals surface area (Å²) in [5.74, 6) is 0.112. The summed E-state index contributed by atoms with van der Waals surface area (Å²) in [5, 5.41) is 2.79. The van der Waals surface area contributed by atoms with Crippen LogP contribution in [0.1, 0.15) is 25.8 Å². The van der Waals surface area contributed by atoms with Crippen LogP contribution in [-0.4, -0.2) is 60.9 Å². The zero-order valence-electron chi connectivity index (χ0n) is 19.4. The Balaban J connectivity index is 1.54. The molecule has 0 saturated carbocycles. The maximum atomic E-state index is 12.9. The zero-order chi connectivity index (χ0) is 23.8. The number of nitrogens with one attached hydrogen (secondary N) is 1. The molecule has 0 aliphatic carbocycles. The highest BCUT2D eigenvalue weighted by Crippen LogP contribution is 2.30. The average molecular weight is 454 g/mol. The number of likely N-dealkylation sites (N-methyl/N-ethyl adjacent to an activating group) is 1. The minimum atomic E-state index is -0.450. The lowest BCUT2D eigenvalue weighted by Crippen LogP contribution is -2.39. The quantitative estimate of drug-likeness (QED) is 0.598. The highest BCUT2D eigenvalue weighted by molar-refractivity contribution is 5.96. The van der Waals surface area contributed by atoms with Crippen molar-refractivity contribution in [2.45, 2.75) is 26.8 Å². The fourth-order valence-electron chi connectivity index (χ4n) is 3.83. The van der Waals surface area contributed by atoms with E-state index in [1.807, 2.05) is 44.2 Å². The van der Waals surface area contributed by atoms with E-state index in [4.69, 9.17) is 9.47 Å². The van der Waals surface area contributed by atoms with E-state index >= 15 is 0 Å². The molecule has 33 heavy (non-hydrogen) atoms. The number of hydrogen-bond donors (Lipinski definition) is 1. The molecule has 2 aromatic carbocycles. The average Bonchev–Trinajstić information content (AvgIpc) is 3.16. The minimum Gasteiger partial charge on any atom is -0.490 e. The lowest BCUT2D eigenvalue weighted by atomic mass is 10.1. The van der Waals surface area contributed by atoms with E-state index in [1.54, 1.807) is 30.1 Å². The van der Waals surface area contributed by atoms with E-state index in [1.165, 1.54) is 4.90 Å². The van der Waals surface area contributed by atoms with Gasteiger partial charge in [-0.05, 0) is 31.5 Å². The van der Waals surface area contributed by atoms with Crippen molar-refractivity contribution in [1.29, 1.82) is 0 Å². The normalized spacial score (nSPS) is 15.3. The van der Waals surface area contributed by atoms with Gasteiger partial charge >= 0.3 is 0 Å². The predicted molar refractivity (Wildman–Crippen MR) is 125 cm³/mol. The van der Waals surface area contributed by atoms with Crippen molar-refractivity contribution < 1.29 is 23.9 Å². The van der Waals surface area contributed by atoms with Gasteiger partial charge in [0.1, 0.15) is 0 Å². The van der Waals surface area contributed by atoms with Gasteiger partial charge in [-0.1, -0.05) is 30.3 Å². The van der Waals surface area contributed by atoms with Crippen LogP contribution in [0, 0.1) is 5.92 Å². The van der Waals surface area contributed by atoms with Crippen molar-refractivity contribution >= 4 is 23.4 Å². The lowest BCUT2D eigenvalue weighted by Gasteiger charge is -2.21. The van der Waals surface area contributed by atoms with E-state index in [9.17, 15) is 14.4 Å². The van der Waals surface area contributed by atoms with Gasteiger partial charge in [-0.15, -0.1) is 0 Å². The van der Waals surface area contributed by atoms with Gasteiger partial charge in [-0.25, -0.2) is 0 Å². The summed E-state index contributed by atoms with van der Waals surface area (Å²) < 4.78 is 11.1. The Labute approximate surface area is 194 Å². The molecule has 0 bridgehead atoms. The molecule has 1 aliphatic heterocycles. The van der Waals surface area contributed by atoms with Crippen molar-refractivity contribution in [3.05, 3.63) is 54.1 Å². The van der Waals surface area contributed by atoms with Crippen LogP contribution in [0.4, 0.5) is 5.69 Å². The van der Waals surface area contributed by atoms with Crippen LogP contribution in [0.15, 0.2) is 48.5 Å². The van der Waals surface area contributed by atoms with Gasteiger partial charge in [0.2, 0.25) is 17.7 Å². The first kappa shape index (κ1) is 24.1. The molecule has 8 nitrogen and oxygen atoms in total. The summed E-state index contributed by atoms with van der Waals surface area (Å²) in [6.45, 7) is 5.46. The van der Waals surface area contributed by atoms with Crippen molar-refractivity contribution in [2.24, 2.45) is 5.92 Å². The second-order valence-corrected chi connectivity index (χ2v) is 7.93. The number of nitrogens with zero attached hydrogens (tertiary/aromatic N) is 2. The number of rotatable bonds is 10. The Hall–Kier alpha value is -3.55. The number of hydrogen-bond acceptors (Lipinski definition) is 5. The van der Waals surface area contributed by atoms with Crippen LogP contribution in [-0.2, 0) is 20.9 Å². The van der Waals surface area contributed by atoms with E-state index in [2.05, 4.69) is 5.32 Å². The molecule has 1 aliphatic rings. The summed E-state index contributed by atoms with van der Waals surface area (Å²) >= 11 is 0. The van der Waals surface area contributed by atoms with Crippen LogP contribution in [0.25, 0.3) is 0 Å². The topological polar surface area (TPSA) is 88.2 Å². The molecule has 0 spiro atoms. The summed E-state index contributed by atoms with van der Waals surface area (Å²) in [5.41, 5.74) is 1.58. The van der Waals surface area contributed by atoms with Gasteiger partial charge in [-0.2, -0.15) is 0 Å². The fraction of sp³-hybridized carbons (Fsp3) is 0.400. The predicted octanol–water partition coefficient (Wildman–Crippen LogP) is 2.93. The maximum absolute atomic E-state index is 12.9. The van der Waals surface area contributed by atoms with Gasteiger partial charge in [-0.3, -0.25) is 14.4 Å². The van der Waals surface area contributed by atoms with Crippen LogP contribution in [0.2, 0.25) is 0 Å². The Bertz CT molecular complexity index is 979. The standard InChI is InChI=1S/C25H31N3O5/c1-4-32-21-12-11-20(14-22(21)33-5-2)26-23(29)17-27(3)25(31)19-13-24(30)28(16-19)15-18-9-7-6-8-10-18/h6-12,14,19H,4-5,13,15-17H2,1-3H3,(H,26,29). The second kappa shape index (κ2) is 11.4. The Morgan fingerprint density at radius 3 is 2.45 bits per heavy atom. The third-order valence-corrected chi connectivity index (χ3v) is 5.36. The molecule has 3 rings (SSSR count). The Morgan fingerprint density at radius 2 is 1.76 bits per heavy atom. The summed E-state index contributed by atoms with van der Waals surface area (Å²) in [6, 6.07) is 14.8. The minimum absolute atomic E-state index is 0.0482. The molecule has 2 aromatic rings. The van der Waals surface area contributed by atoms with Crippen LogP contribution in [0.3, 0.4) is 0 Å². The molecule has 1 saturated heterocycles. The number of carbonyl (C=O) groups is 3. The molecule has 0 aromatic heterocycles. The largest absolute Gasteiger partial charge is 0.490 e. The van der Waals surface area contributed by atoms with Gasteiger partial charge < -0.3 is 24.6 Å². The molecule has 8 heteroatoms. The first-order valence-electron chi connectivity index (χ1n) is 11.2. The third-order valence-electron chi connectivity index (χ3n) is 5.36. The molecule has 1 unspecified atom stereocenters. The Kier molecular flexibility index (Phi) is 8.29. The third kappa shape index (κ3) is 6.47. The van der Waals surface area contributed by atoms with E-state index in [0.717, 1.165) is 5.56 Å². The fourth-order valence-corrected chi connectivity index (χ4v) is 3.83. The van der Waals surface area contributed by atoms with E-state index in [0.29, 0.717) is 43.5 Å². The SMILES string of the molecule is CCOc1ccc(NC(=O)CN(C)C(=O)C2CC(=O)N(Cc3ccccc3)C2)cc1OCC. The maximum Gasteiger partial charge on any atom is 0.243 e. The van der Waals surface area contributed by atoms with Gasteiger partial charge in [0.05, 0.1) is 25.7 Å². The van der Waals surface area contributed by atoms with E-state index in [-0.39, 0.29) is 30.7 Å². The van der Waals surface area contributed by atoms with Crippen molar-refractivity contribution in [3.8, 4) is 11.5 Å². The molecule has 1 fully saturated rings. The molecule has 1 heterocycles. The summed E-state index contributed by atoms with van der Waals surface area (Å²) in [4.78, 5) is 40.9. The van der Waals surface area contributed by atoms with Crippen molar-refractivity contribution in [1.82, 2.24) is 9.80 Å². The molecule has 1 atom stereocenters. The van der Waals surface area contributed by atoms with Gasteiger partial charge in [0.25, 0.3) is 0 Å². The van der Waals surface area contributed by atoms with Crippen molar-refractivity contribution in [3.63, 3.8) is 0 Å². The smallest absolute Gasteiger partial charge is 0.243 e. The highest BCUT2D eigenvalue weighted by Gasteiger charge is 2.36. The van der Waals surface area contributed by atoms with Gasteiger partial charge in [0.15, 0.2) is 11.5 Å². The van der Waals surface area contributed by atoms with Crippen LogP contribution >= 0.6 is 0 Å². The van der Waals surface area contributed by atoms with Gasteiger partial charge in [0, 0.05) is 38.3 Å². The monoisotopic (exact) mass is 453 g/mol. The molecule has 3 amide bonds. The number of amides is 3. The first-order valence-corrected chi connectivity index (χ1v) is 11.2. The zero-order valence-corrected chi connectivity index (χ0v) is 19.4. The number of ether oxygens (including phenoxy) is 2. The lowest BCUT2D eigenvalue weighted by molar-refractivity contribution is -0.137. The molecule has 1 N–H and O–H groups in total. The molecular weight excluding hydrogens is 422 g/mol. The number of anilines is 1. The molecule has 0 radical (unpaired) electrons. The van der Waals surface area contributed by atoms with E-state index < -0.39 is 5.92 Å². The molecular formula is C25H31N3O5. The highest BCUT2D eigenvalue weighted by atomic mass is 16.5. The van der Waals surface area contributed by atoms with Crippen LogP contribution < -0.4 is 14.8 Å². The Morgan fingerprint density at radius 1 is 1.06 bits per heavy atom. The number of carbonyl (C=O) groups excluding carboxylic acids is 3. The molecule has 176 valence electrons. The summed E-state index contributed by atoms with van der Waals surface area (Å²) in [6.07, 6.45) is 0.161. The summed E-state index contributed by atoms with van der Waals surface area (Å²) in [7, 11) is 1.58. The van der Waals surface area contributed by atoms with Crippen molar-refractivity contribution in [2.75, 3.05) is 38.7 Å². The van der Waals surface area contributed by atoms with Crippen LogP contribution in [0.5, 0.6) is 11.5 Å². The number of likely N-dealkylation sites (tertiary alicyclic amines) is 1. The first-order chi connectivity index (χ1) is 15.9.